The average Bonchev–Trinajstić information content (AvgIpc) is 2.81. The van der Waals surface area contributed by atoms with Crippen LogP contribution in [0.3, 0.4) is 0 Å². The number of alkyl halides is 3. The van der Waals surface area contributed by atoms with Crippen LogP contribution < -0.4 is 20.1 Å². The first-order chi connectivity index (χ1) is 16.2. The van der Waals surface area contributed by atoms with Crippen molar-refractivity contribution in [2.24, 2.45) is 7.05 Å². The van der Waals surface area contributed by atoms with Gasteiger partial charge in [0.2, 0.25) is 5.88 Å². The Morgan fingerprint density at radius 3 is 2.41 bits per heavy atom. The van der Waals surface area contributed by atoms with Gasteiger partial charge in [0, 0.05) is 26.2 Å². The van der Waals surface area contributed by atoms with Gasteiger partial charge in [-0.3, -0.25) is 4.57 Å². The average molecular weight is 496 g/mol. The zero-order valence-corrected chi connectivity index (χ0v) is 18.9. The van der Waals surface area contributed by atoms with E-state index in [2.05, 4.69) is 4.98 Å². The van der Waals surface area contributed by atoms with Crippen molar-refractivity contribution in [3.8, 4) is 17.4 Å². The van der Waals surface area contributed by atoms with Gasteiger partial charge < -0.3 is 19.1 Å². The lowest BCUT2D eigenvalue weighted by Gasteiger charge is -2.29. The highest BCUT2D eigenvalue weighted by Gasteiger charge is 2.33. The van der Waals surface area contributed by atoms with Crippen LogP contribution in [0, 0.1) is 0 Å². The lowest BCUT2D eigenvalue weighted by Crippen LogP contribution is -2.39. The molecule has 0 bridgehead atoms. The maximum Gasteiger partial charge on any atom is 0.417 e. The molecule has 0 saturated carbocycles. The zero-order chi connectivity index (χ0) is 24.3. The fourth-order valence-electron chi connectivity index (χ4n) is 3.41. The second-order valence-electron chi connectivity index (χ2n) is 7.57. The number of aromatic nitrogens is 2. The second-order valence-corrected chi connectivity index (χ2v) is 7.97. The summed E-state index contributed by atoms with van der Waals surface area (Å²) in [7, 11) is 1.65. The van der Waals surface area contributed by atoms with E-state index in [-0.39, 0.29) is 18.2 Å². The molecule has 0 radical (unpaired) electrons. The van der Waals surface area contributed by atoms with E-state index in [1.54, 1.807) is 37.4 Å². The second kappa shape index (κ2) is 9.94. The summed E-state index contributed by atoms with van der Waals surface area (Å²) in [6, 6.07) is 11.7. The molecule has 2 heterocycles. The van der Waals surface area contributed by atoms with Gasteiger partial charge in [-0.05, 0) is 35.9 Å². The van der Waals surface area contributed by atoms with E-state index in [0.717, 1.165) is 17.7 Å². The van der Waals surface area contributed by atoms with E-state index in [0.29, 0.717) is 37.9 Å². The van der Waals surface area contributed by atoms with Crippen LogP contribution in [-0.4, -0.2) is 35.9 Å². The zero-order valence-electron chi connectivity index (χ0n) is 18.1. The molecule has 1 aliphatic rings. The molecule has 3 aromatic rings. The Hall–Kier alpha value is -3.24. The van der Waals surface area contributed by atoms with E-state index in [1.807, 2.05) is 4.90 Å². The van der Waals surface area contributed by atoms with E-state index in [9.17, 15) is 18.0 Å². The lowest BCUT2D eigenvalue weighted by molar-refractivity contribution is -0.137. The molecule has 4 rings (SSSR count). The first kappa shape index (κ1) is 23.9. The molecule has 11 heteroatoms. The Balaban J connectivity index is 1.42. The maximum absolute atomic E-state index is 13.0. The molecule has 1 aromatic heterocycles. The Labute approximate surface area is 198 Å². The summed E-state index contributed by atoms with van der Waals surface area (Å²) in [6.45, 7) is 2.62. The van der Waals surface area contributed by atoms with E-state index in [4.69, 9.17) is 25.8 Å². The minimum atomic E-state index is -4.58. The van der Waals surface area contributed by atoms with Crippen molar-refractivity contribution in [1.82, 2.24) is 9.55 Å². The fourth-order valence-corrected chi connectivity index (χ4v) is 3.63. The molecule has 0 unspecified atom stereocenters. The molecule has 0 N–H and O–H groups in total. The number of hydrogen-bond acceptors (Lipinski definition) is 6. The third-order valence-corrected chi connectivity index (χ3v) is 5.54. The summed E-state index contributed by atoms with van der Waals surface area (Å²) in [5.41, 5.74) is -0.631. The van der Waals surface area contributed by atoms with Gasteiger partial charge in [-0.25, -0.2) is 4.79 Å². The van der Waals surface area contributed by atoms with Crippen molar-refractivity contribution in [2.45, 2.75) is 12.8 Å². The quantitative estimate of drug-likeness (QED) is 0.495. The van der Waals surface area contributed by atoms with Gasteiger partial charge in [-0.15, -0.1) is 0 Å². The summed E-state index contributed by atoms with van der Waals surface area (Å²) in [4.78, 5) is 18.2. The van der Waals surface area contributed by atoms with Gasteiger partial charge in [-0.2, -0.15) is 18.2 Å². The van der Waals surface area contributed by atoms with Crippen LogP contribution >= 0.6 is 11.6 Å². The highest BCUT2D eigenvalue weighted by atomic mass is 35.5. The number of morpholine rings is 1. The number of benzene rings is 2. The minimum Gasteiger partial charge on any atom is -0.473 e. The van der Waals surface area contributed by atoms with Crippen molar-refractivity contribution < 1.29 is 27.4 Å². The van der Waals surface area contributed by atoms with Crippen LogP contribution in [0.5, 0.6) is 17.4 Å². The van der Waals surface area contributed by atoms with E-state index >= 15 is 0 Å². The molecule has 7 nitrogen and oxygen atoms in total. The van der Waals surface area contributed by atoms with Crippen LogP contribution in [-0.2, 0) is 24.6 Å². The molecular weight excluding hydrogens is 475 g/mol. The number of hydrogen-bond donors (Lipinski definition) is 0. The summed E-state index contributed by atoms with van der Waals surface area (Å²) in [6.07, 6.45) is -4.58. The monoisotopic (exact) mass is 495 g/mol. The molecule has 0 spiro atoms. The van der Waals surface area contributed by atoms with Gasteiger partial charge in [0.1, 0.15) is 23.9 Å². The Morgan fingerprint density at radius 1 is 1.06 bits per heavy atom. The summed E-state index contributed by atoms with van der Waals surface area (Å²) < 4.78 is 57.2. The first-order valence-corrected chi connectivity index (χ1v) is 10.8. The van der Waals surface area contributed by atoms with Gasteiger partial charge in [0.05, 0.1) is 23.8 Å². The molecule has 0 aliphatic carbocycles. The highest BCUT2D eigenvalue weighted by Crippen LogP contribution is 2.37. The van der Waals surface area contributed by atoms with Crippen LogP contribution in [0.4, 0.5) is 19.0 Å². The van der Waals surface area contributed by atoms with E-state index in [1.165, 1.54) is 10.6 Å². The molecule has 2 aromatic carbocycles. The number of nitrogens with zero attached hydrogens (tertiary/aromatic N) is 3. The SMILES string of the molecule is Cn1c(N2CCOCC2)cc(OCc2ccc(Oc3ccc(Cl)c(C(F)(F)F)c3)cc2)nc1=O. The minimum absolute atomic E-state index is 0.0145. The van der Waals surface area contributed by atoms with Gasteiger partial charge in [0.15, 0.2) is 0 Å². The van der Waals surface area contributed by atoms with Crippen LogP contribution in [0.25, 0.3) is 0 Å². The van der Waals surface area contributed by atoms with Crippen molar-refractivity contribution in [3.63, 3.8) is 0 Å². The first-order valence-electron chi connectivity index (χ1n) is 10.4. The van der Waals surface area contributed by atoms with Crippen molar-refractivity contribution in [3.05, 3.63) is 75.2 Å². The predicted molar refractivity (Wildman–Crippen MR) is 120 cm³/mol. The normalized spacial score (nSPS) is 14.2. The Morgan fingerprint density at radius 2 is 1.74 bits per heavy atom. The number of rotatable bonds is 6. The third kappa shape index (κ3) is 5.63. The van der Waals surface area contributed by atoms with Gasteiger partial charge >= 0.3 is 11.9 Å². The number of ether oxygens (including phenoxy) is 3. The number of anilines is 1. The van der Waals surface area contributed by atoms with Gasteiger partial charge in [-0.1, -0.05) is 23.7 Å². The van der Waals surface area contributed by atoms with Crippen LogP contribution in [0.2, 0.25) is 5.02 Å². The van der Waals surface area contributed by atoms with Crippen LogP contribution in [0.15, 0.2) is 53.3 Å². The summed E-state index contributed by atoms with van der Waals surface area (Å²) in [5, 5.41) is -0.395. The highest BCUT2D eigenvalue weighted by molar-refractivity contribution is 6.31. The van der Waals surface area contributed by atoms with E-state index < -0.39 is 22.5 Å². The van der Waals surface area contributed by atoms with Crippen molar-refractivity contribution >= 4 is 17.4 Å². The fraction of sp³-hybridized carbons (Fsp3) is 0.304. The summed E-state index contributed by atoms with van der Waals surface area (Å²) >= 11 is 5.64. The van der Waals surface area contributed by atoms with Gasteiger partial charge in [0.25, 0.3) is 0 Å². The van der Waals surface area contributed by atoms with Crippen molar-refractivity contribution in [2.75, 3.05) is 31.2 Å². The Kier molecular flexibility index (Phi) is 6.99. The summed E-state index contributed by atoms with van der Waals surface area (Å²) in [5.74, 6) is 1.26. The van der Waals surface area contributed by atoms with Crippen LogP contribution in [0.1, 0.15) is 11.1 Å². The molecule has 1 saturated heterocycles. The van der Waals surface area contributed by atoms with Crippen molar-refractivity contribution in [1.29, 1.82) is 0 Å². The predicted octanol–water partition coefficient (Wildman–Crippen LogP) is 4.66. The molecule has 1 fully saturated rings. The number of halogens is 4. The Bertz CT molecular complexity index is 1210. The molecule has 0 amide bonds. The smallest absolute Gasteiger partial charge is 0.417 e. The topological polar surface area (TPSA) is 65.8 Å². The third-order valence-electron chi connectivity index (χ3n) is 5.21. The molecule has 34 heavy (non-hydrogen) atoms. The molecule has 1 aliphatic heterocycles. The lowest BCUT2D eigenvalue weighted by atomic mass is 10.2. The molecular formula is C23H21ClF3N3O4. The largest absolute Gasteiger partial charge is 0.473 e. The standard InChI is InChI=1S/C23H21ClF3N3O4/c1-29-21(30-8-10-32-11-9-30)13-20(28-22(29)31)33-14-15-2-4-16(5-3-15)34-17-6-7-19(24)18(12-17)23(25,26)27/h2-7,12-13H,8-11,14H2,1H3. The molecule has 0 atom stereocenters. The molecule has 180 valence electrons. The maximum atomic E-state index is 13.0.